The first kappa shape index (κ1) is 25.5. The summed E-state index contributed by atoms with van der Waals surface area (Å²) in [5.74, 6) is 1.38. The molecule has 8 aromatic rings. The van der Waals surface area contributed by atoms with E-state index in [0.29, 0.717) is 44.7 Å². The van der Waals surface area contributed by atoms with Crippen LogP contribution in [0.3, 0.4) is 0 Å². The zero-order chi connectivity index (χ0) is 29.6. The van der Waals surface area contributed by atoms with Gasteiger partial charge in [-0.3, -0.25) is 0 Å². The van der Waals surface area contributed by atoms with Gasteiger partial charge in [0.05, 0.1) is 21.8 Å². The van der Waals surface area contributed by atoms with Gasteiger partial charge < -0.3 is 28.3 Å². The third-order valence-corrected chi connectivity index (χ3v) is 7.34. The van der Waals surface area contributed by atoms with Crippen LogP contribution in [0.1, 0.15) is 0 Å². The fourth-order valence-corrected chi connectivity index (χ4v) is 5.21. The second-order valence-electron chi connectivity index (χ2n) is 10.2. The van der Waals surface area contributed by atoms with Crippen LogP contribution in [-0.2, 0) is 0 Å². The van der Waals surface area contributed by atoms with Crippen molar-refractivity contribution in [1.82, 2.24) is 19.9 Å². The second kappa shape index (κ2) is 10.3. The van der Waals surface area contributed by atoms with E-state index in [1.54, 1.807) is 36.4 Å². The van der Waals surface area contributed by atoms with Crippen molar-refractivity contribution in [2.24, 2.45) is 0 Å². The summed E-state index contributed by atoms with van der Waals surface area (Å²) >= 11 is 0. The molecule has 0 radical (unpaired) electrons. The zero-order valence-corrected chi connectivity index (χ0v) is 23.0. The summed E-state index contributed by atoms with van der Waals surface area (Å²) in [4.78, 5) is 41.1. The molecule has 10 heteroatoms. The van der Waals surface area contributed by atoms with E-state index in [-0.39, 0.29) is 25.0 Å². The van der Waals surface area contributed by atoms with Gasteiger partial charge in [-0.2, -0.15) is 0 Å². The van der Waals surface area contributed by atoms with Crippen molar-refractivity contribution in [1.29, 1.82) is 0 Å². The van der Waals surface area contributed by atoms with Crippen LogP contribution in [0.4, 0.5) is 0 Å². The smallest absolute Gasteiger partial charge is 0.347 e. The number of nitrogens with one attached hydrogen (secondary N) is 2. The van der Waals surface area contributed by atoms with E-state index in [1.165, 1.54) is 0 Å². The molecule has 10 nitrogen and oxygen atoms in total. The predicted molar refractivity (Wildman–Crippen MR) is 166 cm³/mol. The van der Waals surface area contributed by atoms with Gasteiger partial charge in [0.15, 0.2) is 0 Å². The first-order valence-electron chi connectivity index (χ1n) is 13.9. The monoisotopic (exact) mass is 582 g/mol. The Kier molecular flexibility index (Phi) is 5.97. The van der Waals surface area contributed by atoms with E-state index in [0.717, 1.165) is 21.8 Å². The summed E-state index contributed by atoms with van der Waals surface area (Å²) in [6.07, 6.45) is 0. The highest BCUT2D eigenvalue weighted by molar-refractivity contribution is 5.87. The Hall–Kier alpha value is -6.16. The topological polar surface area (TPSA) is 136 Å². The molecule has 0 saturated carbocycles. The van der Waals surface area contributed by atoms with Crippen LogP contribution < -0.4 is 20.7 Å². The number of benzene rings is 4. The third-order valence-electron chi connectivity index (χ3n) is 7.34. The summed E-state index contributed by atoms with van der Waals surface area (Å²) in [5, 5.41) is 2.61. The van der Waals surface area contributed by atoms with Crippen molar-refractivity contribution in [3.63, 3.8) is 0 Å². The number of nitrogens with zero attached hydrogens (tertiary/aromatic N) is 2. The van der Waals surface area contributed by atoms with E-state index >= 15 is 0 Å². The maximum atomic E-state index is 12.8. The molecule has 0 amide bonds. The summed E-state index contributed by atoms with van der Waals surface area (Å²) < 4.78 is 22.7. The van der Waals surface area contributed by atoms with Gasteiger partial charge in [0.25, 0.3) is 0 Å². The molecule has 0 unspecified atom stereocenters. The molecule has 4 aromatic heterocycles. The van der Waals surface area contributed by atoms with Crippen molar-refractivity contribution in [2.75, 3.05) is 13.2 Å². The lowest BCUT2D eigenvalue weighted by atomic mass is 10.2. The lowest BCUT2D eigenvalue weighted by molar-refractivity contribution is 0.217. The molecule has 0 aliphatic carbocycles. The lowest BCUT2D eigenvalue weighted by Crippen LogP contribution is -2.10. The van der Waals surface area contributed by atoms with Gasteiger partial charge in [0.2, 0.25) is 11.8 Å². The molecule has 2 N–H and O–H groups in total. The molecule has 0 aliphatic heterocycles. The first-order chi connectivity index (χ1) is 21.6. The maximum Gasteiger partial charge on any atom is 0.347 e. The Bertz CT molecular complexity index is 2230. The van der Waals surface area contributed by atoms with Crippen molar-refractivity contribution < 1.29 is 18.3 Å². The molecule has 8 rings (SSSR count). The van der Waals surface area contributed by atoms with E-state index in [1.807, 2.05) is 60.7 Å². The van der Waals surface area contributed by atoms with Crippen molar-refractivity contribution in [3.05, 3.63) is 118 Å². The minimum atomic E-state index is -0.512. The summed E-state index contributed by atoms with van der Waals surface area (Å²) in [7, 11) is 0. The SMILES string of the molecule is O=c1oc(-c2cc3ccccc3[nH]2)nc2ccc(OCCOc3ccc4nc(-c5cc6ccccc6[nH]5)oc(=O)c4c3)cc12. The summed E-state index contributed by atoms with van der Waals surface area (Å²) in [5.41, 5.74) is 3.07. The number of aromatic nitrogens is 4. The van der Waals surface area contributed by atoms with Gasteiger partial charge >= 0.3 is 11.3 Å². The molecule has 44 heavy (non-hydrogen) atoms. The minimum absolute atomic E-state index is 0.196. The highest BCUT2D eigenvalue weighted by Crippen LogP contribution is 2.26. The molecule has 0 fully saturated rings. The Morgan fingerprint density at radius 3 is 1.48 bits per heavy atom. The molecular weight excluding hydrogens is 560 g/mol. The quantitative estimate of drug-likeness (QED) is 0.205. The fourth-order valence-electron chi connectivity index (χ4n) is 5.21. The first-order valence-corrected chi connectivity index (χ1v) is 13.9. The van der Waals surface area contributed by atoms with Crippen LogP contribution in [0.25, 0.3) is 66.8 Å². The van der Waals surface area contributed by atoms with E-state index in [2.05, 4.69) is 19.9 Å². The van der Waals surface area contributed by atoms with Gasteiger partial charge in [0, 0.05) is 21.8 Å². The number of hydrogen-bond acceptors (Lipinski definition) is 8. The minimum Gasteiger partial charge on any atom is -0.490 e. The predicted octanol–water partition coefficient (Wildman–Crippen LogP) is 6.44. The van der Waals surface area contributed by atoms with Crippen molar-refractivity contribution >= 4 is 43.6 Å². The number of H-pyrrole nitrogens is 2. The average Bonchev–Trinajstić information content (AvgIpc) is 3.68. The van der Waals surface area contributed by atoms with E-state index in [4.69, 9.17) is 18.3 Å². The van der Waals surface area contributed by atoms with Crippen molar-refractivity contribution in [3.8, 4) is 34.7 Å². The average molecular weight is 583 g/mol. The number of rotatable bonds is 7. The molecule has 214 valence electrons. The standard InChI is InChI=1S/C34H22N4O6/c39-33-23-17-21(9-11-27(23)37-31(43-33)29-15-19-5-1-3-7-25(19)35-29)41-13-14-42-22-10-12-28-24(18-22)34(40)44-32(38-28)30-16-20-6-2-4-8-26(20)36-30/h1-12,15-18,35-36H,13-14H2. The van der Waals surface area contributed by atoms with Gasteiger partial charge in [-0.05, 0) is 60.7 Å². The summed E-state index contributed by atoms with van der Waals surface area (Å²) in [6.45, 7) is 0.392. The number of aromatic amines is 2. The van der Waals surface area contributed by atoms with Crippen molar-refractivity contribution in [2.45, 2.75) is 0 Å². The van der Waals surface area contributed by atoms with Crippen LogP contribution in [-0.4, -0.2) is 33.1 Å². The lowest BCUT2D eigenvalue weighted by Gasteiger charge is -2.09. The molecule has 0 saturated heterocycles. The number of para-hydroxylation sites is 2. The summed E-state index contributed by atoms with van der Waals surface area (Å²) in [6, 6.07) is 29.5. The number of hydrogen-bond donors (Lipinski definition) is 2. The Balaban J connectivity index is 0.945. The van der Waals surface area contributed by atoms with Gasteiger partial charge in [-0.1, -0.05) is 36.4 Å². The second-order valence-corrected chi connectivity index (χ2v) is 10.2. The molecule has 4 aromatic carbocycles. The Morgan fingerprint density at radius 1 is 0.568 bits per heavy atom. The zero-order valence-electron chi connectivity index (χ0n) is 23.0. The molecule has 4 heterocycles. The molecule has 0 aliphatic rings. The molecular formula is C34H22N4O6. The normalized spacial score (nSPS) is 11.5. The van der Waals surface area contributed by atoms with Gasteiger partial charge in [-0.15, -0.1) is 0 Å². The molecule has 0 bridgehead atoms. The van der Waals surface area contributed by atoms with Crippen LogP contribution in [0.15, 0.2) is 115 Å². The largest absolute Gasteiger partial charge is 0.490 e. The molecule has 0 spiro atoms. The maximum absolute atomic E-state index is 12.8. The van der Waals surface area contributed by atoms with E-state index < -0.39 is 11.3 Å². The van der Waals surface area contributed by atoms with Crippen LogP contribution >= 0.6 is 0 Å². The highest BCUT2D eigenvalue weighted by atomic mass is 16.5. The van der Waals surface area contributed by atoms with Crippen LogP contribution in [0.5, 0.6) is 11.5 Å². The van der Waals surface area contributed by atoms with Gasteiger partial charge in [-0.25, -0.2) is 19.6 Å². The number of fused-ring (bicyclic) bond motifs is 4. The van der Waals surface area contributed by atoms with Crippen LogP contribution in [0.2, 0.25) is 0 Å². The number of ether oxygens (including phenoxy) is 2. The van der Waals surface area contributed by atoms with Gasteiger partial charge in [0.1, 0.15) is 36.1 Å². The molecule has 0 atom stereocenters. The van der Waals surface area contributed by atoms with Crippen LogP contribution in [0, 0.1) is 0 Å². The third kappa shape index (κ3) is 4.64. The Morgan fingerprint density at radius 2 is 1.02 bits per heavy atom. The Labute approximate surface area is 247 Å². The highest BCUT2D eigenvalue weighted by Gasteiger charge is 2.14. The fraction of sp³-hybridized carbons (Fsp3) is 0.0588. The van der Waals surface area contributed by atoms with E-state index in [9.17, 15) is 9.59 Å².